The molecule has 1 aliphatic heterocycles. The van der Waals surface area contributed by atoms with Gasteiger partial charge < -0.3 is 10.3 Å². The summed E-state index contributed by atoms with van der Waals surface area (Å²) in [5, 5.41) is 0. The van der Waals surface area contributed by atoms with E-state index in [0.717, 1.165) is 37.4 Å². The first-order valence-electron chi connectivity index (χ1n) is 7.44. The molecule has 0 amide bonds. The van der Waals surface area contributed by atoms with E-state index in [1.54, 1.807) is 0 Å². The number of nitrogens with two attached hydrogens (primary N) is 1. The van der Waals surface area contributed by atoms with Crippen molar-refractivity contribution in [1.29, 1.82) is 0 Å². The minimum Gasteiger partial charge on any atom is -0.393 e. The maximum Gasteiger partial charge on any atom is 0.112 e. The van der Waals surface area contributed by atoms with Crippen molar-refractivity contribution in [2.75, 3.05) is 6.54 Å². The van der Waals surface area contributed by atoms with Gasteiger partial charge in [-0.25, -0.2) is 4.98 Å². The Hall–Kier alpha value is -1.46. The molecule has 0 spiro atoms. The number of fused-ring (bicyclic) bond motifs is 2. The van der Waals surface area contributed by atoms with Crippen LogP contribution in [0.25, 0.3) is 11.0 Å². The summed E-state index contributed by atoms with van der Waals surface area (Å²) >= 11 is 4.97. The van der Waals surface area contributed by atoms with Crippen molar-refractivity contribution in [3.63, 3.8) is 0 Å². The smallest absolute Gasteiger partial charge is 0.112 e. The average molecular weight is 302 g/mol. The van der Waals surface area contributed by atoms with E-state index >= 15 is 0 Å². The molecule has 2 heterocycles. The number of hydrogen-bond donors (Lipinski definition) is 1. The first-order valence-corrected chi connectivity index (χ1v) is 7.85. The quantitative estimate of drug-likeness (QED) is 0.882. The molecule has 2 N–H and O–H groups in total. The van der Waals surface area contributed by atoms with Gasteiger partial charge >= 0.3 is 0 Å². The summed E-state index contributed by atoms with van der Waals surface area (Å²) in [6.45, 7) is 7.27. The summed E-state index contributed by atoms with van der Waals surface area (Å²) in [5.74, 6) is 1.60. The first kappa shape index (κ1) is 14.5. The fourth-order valence-corrected chi connectivity index (χ4v) is 3.21. The van der Waals surface area contributed by atoms with Gasteiger partial charge in [0.05, 0.1) is 16.0 Å². The second-order valence-electron chi connectivity index (χ2n) is 6.22. The molecule has 0 fully saturated rings. The van der Waals surface area contributed by atoms with Crippen LogP contribution in [0.2, 0.25) is 0 Å². The number of rotatable bonds is 4. The molecule has 0 saturated carbocycles. The highest BCUT2D eigenvalue weighted by molar-refractivity contribution is 7.80. The molecular formula is C16H22N4S. The van der Waals surface area contributed by atoms with Crippen LogP contribution in [0.1, 0.15) is 43.1 Å². The predicted molar refractivity (Wildman–Crippen MR) is 90.3 cm³/mol. The van der Waals surface area contributed by atoms with E-state index in [1.165, 1.54) is 16.6 Å². The number of aryl methyl sites for hydroxylation is 1. The molecule has 4 nitrogen and oxygen atoms in total. The van der Waals surface area contributed by atoms with Crippen molar-refractivity contribution in [3.8, 4) is 0 Å². The number of aromatic nitrogens is 2. The Morgan fingerprint density at radius 1 is 1.33 bits per heavy atom. The van der Waals surface area contributed by atoms with Gasteiger partial charge in [0, 0.05) is 39.0 Å². The number of hydrogen-bond acceptors (Lipinski definition) is 3. The molecule has 1 aromatic heterocycles. The van der Waals surface area contributed by atoms with Gasteiger partial charge in [-0.05, 0) is 23.3 Å². The molecule has 0 unspecified atom stereocenters. The maximum absolute atomic E-state index is 5.60. The lowest BCUT2D eigenvalue weighted by Crippen LogP contribution is -2.22. The fourth-order valence-electron chi connectivity index (χ4n) is 3.12. The average Bonchev–Trinajstić information content (AvgIpc) is 2.95. The standard InChI is InChI=1S/C16H22N4S/c1-10(2)16-18-13-6-11-8-20(5-4-15(17)21)9-12(11)7-14(13)19(16)3/h6-7,10H,4-5,8-9H2,1-3H3,(H2,17,21). The lowest BCUT2D eigenvalue weighted by molar-refractivity contribution is 0.293. The maximum atomic E-state index is 5.60. The van der Waals surface area contributed by atoms with Crippen LogP contribution in [0.15, 0.2) is 12.1 Å². The van der Waals surface area contributed by atoms with Crippen molar-refractivity contribution in [3.05, 3.63) is 29.1 Å². The first-order chi connectivity index (χ1) is 9.95. The highest BCUT2D eigenvalue weighted by Crippen LogP contribution is 2.29. The predicted octanol–water partition coefficient (Wildman–Crippen LogP) is 2.69. The molecule has 3 rings (SSSR count). The summed E-state index contributed by atoms with van der Waals surface area (Å²) in [7, 11) is 2.11. The third-order valence-corrected chi connectivity index (χ3v) is 4.42. The normalized spacial score (nSPS) is 15.0. The van der Waals surface area contributed by atoms with Crippen molar-refractivity contribution in [1.82, 2.24) is 14.5 Å². The van der Waals surface area contributed by atoms with E-state index in [1.807, 2.05) is 0 Å². The third-order valence-electron chi connectivity index (χ3n) is 4.22. The summed E-state index contributed by atoms with van der Waals surface area (Å²) in [6.07, 6.45) is 0.790. The minimum absolute atomic E-state index is 0.444. The van der Waals surface area contributed by atoms with E-state index in [0.29, 0.717) is 10.9 Å². The van der Waals surface area contributed by atoms with E-state index in [2.05, 4.69) is 42.5 Å². The van der Waals surface area contributed by atoms with Crippen molar-refractivity contribution in [2.45, 2.75) is 39.3 Å². The highest BCUT2D eigenvalue weighted by Gasteiger charge is 2.21. The SMILES string of the molecule is CC(C)c1nc2cc3c(cc2n1C)CN(CCC(N)=S)C3. The van der Waals surface area contributed by atoms with Crippen molar-refractivity contribution < 1.29 is 0 Å². The largest absolute Gasteiger partial charge is 0.393 e. The Labute approximate surface area is 130 Å². The number of nitrogens with zero attached hydrogens (tertiary/aromatic N) is 3. The molecular weight excluding hydrogens is 280 g/mol. The minimum atomic E-state index is 0.444. The summed E-state index contributed by atoms with van der Waals surface area (Å²) < 4.78 is 2.22. The lowest BCUT2D eigenvalue weighted by atomic mass is 10.1. The second-order valence-corrected chi connectivity index (χ2v) is 6.74. The van der Waals surface area contributed by atoms with Gasteiger partial charge in [0.1, 0.15) is 5.82 Å². The molecule has 5 heteroatoms. The van der Waals surface area contributed by atoms with Gasteiger partial charge in [-0.2, -0.15) is 0 Å². The van der Waals surface area contributed by atoms with Gasteiger partial charge in [0.2, 0.25) is 0 Å². The van der Waals surface area contributed by atoms with Gasteiger partial charge in [-0.3, -0.25) is 4.90 Å². The van der Waals surface area contributed by atoms with Crippen LogP contribution in [-0.2, 0) is 20.1 Å². The molecule has 2 aromatic rings. The molecule has 0 bridgehead atoms. The third kappa shape index (κ3) is 2.68. The summed E-state index contributed by atoms with van der Waals surface area (Å²) in [4.78, 5) is 7.78. The summed E-state index contributed by atoms with van der Waals surface area (Å²) in [5.41, 5.74) is 10.7. The number of benzene rings is 1. The van der Waals surface area contributed by atoms with Gasteiger partial charge in [0.15, 0.2) is 0 Å². The zero-order valence-corrected chi connectivity index (χ0v) is 13.7. The monoisotopic (exact) mass is 302 g/mol. The molecule has 0 aliphatic carbocycles. The second kappa shape index (κ2) is 5.39. The van der Waals surface area contributed by atoms with Crippen LogP contribution in [0, 0.1) is 0 Å². The molecule has 21 heavy (non-hydrogen) atoms. The topological polar surface area (TPSA) is 47.1 Å². The van der Waals surface area contributed by atoms with Gasteiger partial charge in [0.25, 0.3) is 0 Å². The fraction of sp³-hybridized carbons (Fsp3) is 0.500. The number of imidazole rings is 1. The van der Waals surface area contributed by atoms with Crippen LogP contribution in [0.5, 0.6) is 0 Å². The van der Waals surface area contributed by atoms with Crippen LogP contribution in [0.4, 0.5) is 0 Å². The lowest BCUT2D eigenvalue weighted by Gasteiger charge is -2.13. The van der Waals surface area contributed by atoms with Crippen LogP contribution in [-0.4, -0.2) is 26.0 Å². The van der Waals surface area contributed by atoms with E-state index in [9.17, 15) is 0 Å². The zero-order valence-electron chi connectivity index (χ0n) is 12.9. The van der Waals surface area contributed by atoms with Crippen LogP contribution in [0.3, 0.4) is 0 Å². The van der Waals surface area contributed by atoms with Crippen LogP contribution < -0.4 is 5.73 Å². The van der Waals surface area contributed by atoms with E-state index < -0.39 is 0 Å². The molecule has 1 aliphatic rings. The van der Waals surface area contributed by atoms with Gasteiger partial charge in [-0.15, -0.1) is 0 Å². The Morgan fingerprint density at radius 3 is 2.62 bits per heavy atom. The highest BCUT2D eigenvalue weighted by atomic mass is 32.1. The van der Waals surface area contributed by atoms with E-state index in [4.69, 9.17) is 22.9 Å². The Morgan fingerprint density at radius 2 is 2.00 bits per heavy atom. The van der Waals surface area contributed by atoms with Crippen molar-refractivity contribution >= 4 is 28.2 Å². The van der Waals surface area contributed by atoms with E-state index in [-0.39, 0.29) is 0 Å². The molecule has 112 valence electrons. The van der Waals surface area contributed by atoms with Crippen molar-refractivity contribution in [2.24, 2.45) is 12.8 Å². The Kier molecular flexibility index (Phi) is 3.71. The van der Waals surface area contributed by atoms with Crippen LogP contribution >= 0.6 is 12.2 Å². The number of thiocarbonyl (C=S) groups is 1. The van der Waals surface area contributed by atoms with Gasteiger partial charge in [-0.1, -0.05) is 26.1 Å². The molecule has 1 aromatic carbocycles. The summed E-state index contributed by atoms with van der Waals surface area (Å²) in [6, 6.07) is 4.54. The Balaban J connectivity index is 1.89. The Bertz CT molecular complexity index is 702. The zero-order chi connectivity index (χ0) is 15.1. The molecule has 0 saturated heterocycles. The molecule has 0 radical (unpaired) electrons. The molecule has 0 atom stereocenters.